The summed E-state index contributed by atoms with van der Waals surface area (Å²) in [6.45, 7) is 6.27. The highest BCUT2D eigenvalue weighted by Crippen LogP contribution is 2.33. The standard InChI is InChI=1S/C31H48O4/c1-4-5-6-9-26-12-16-28(17-13-26)20-21-29-18-14-27(15-19-29)10-7-8-11-30(23-34-3)24-35-31(33)25(2)22-32/h14-15,18-21,26,28,30,32H,2,4-13,16-17,22-24H2,1,3H3/b21-20+. The maximum absolute atomic E-state index is 11.7. The predicted octanol–water partition coefficient (Wildman–Crippen LogP) is 7.15. The van der Waals surface area contributed by atoms with Crippen LogP contribution in [-0.2, 0) is 20.7 Å². The van der Waals surface area contributed by atoms with E-state index < -0.39 is 5.97 Å². The zero-order chi connectivity index (χ0) is 25.3. The first kappa shape index (κ1) is 29.3. The van der Waals surface area contributed by atoms with Crippen LogP contribution in [0.1, 0.15) is 88.7 Å². The third-order valence-electron chi connectivity index (χ3n) is 7.31. The highest BCUT2D eigenvalue weighted by molar-refractivity contribution is 5.87. The van der Waals surface area contributed by atoms with Crippen molar-refractivity contribution in [2.45, 2.75) is 84.0 Å². The summed E-state index contributed by atoms with van der Waals surface area (Å²) < 4.78 is 10.5. The molecule has 0 saturated heterocycles. The Morgan fingerprint density at radius 3 is 2.49 bits per heavy atom. The quantitative estimate of drug-likeness (QED) is 0.145. The fraction of sp³-hybridized carbons (Fsp3) is 0.645. The van der Waals surface area contributed by atoms with Gasteiger partial charge in [0, 0.05) is 13.0 Å². The van der Waals surface area contributed by atoms with E-state index in [2.05, 4.69) is 49.9 Å². The van der Waals surface area contributed by atoms with Gasteiger partial charge in [0.05, 0.1) is 25.4 Å². The molecule has 35 heavy (non-hydrogen) atoms. The van der Waals surface area contributed by atoms with Crippen molar-refractivity contribution >= 4 is 12.0 Å². The number of allylic oxidation sites excluding steroid dienone is 1. The van der Waals surface area contributed by atoms with E-state index >= 15 is 0 Å². The smallest absolute Gasteiger partial charge is 0.335 e. The zero-order valence-electron chi connectivity index (χ0n) is 22.2. The van der Waals surface area contributed by atoms with Crippen LogP contribution in [0.25, 0.3) is 6.08 Å². The lowest BCUT2D eigenvalue weighted by molar-refractivity contribution is -0.141. The van der Waals surface area contributed by atoms with Crippen molar-refractivity contribution in [2.75, 3.05) is 26.9 Å². The summed E-state index contributed by atoms with van der Waals surface area (Å²) in [5, 5.41) is 8.97. The van der Waals surface area contributed by atoms with Crippen molar-refractivity contribution in [2.24, 2.45) is 17.8 Å². The SMILES string of the molecule is C=C(CO)C(=O)OCC(CCCCc1ccc(/C=C/C2CCC(CCCCC)CC2)cc1)COC. The van der Waals surface area contributed by atoms with E-state index in [1.807, 2.05) is 0 Å². The summed E-state index contributed by atoms with van der Waals surface area (Å²) in [7, 11) is 1.66. The molecule has 1 atom stereocenters. The third-order valence-corrected chi connectivity index (χ3v) is 7.31. The highest BCUT2D eigenvalue weighted by Gasteiger charge is 2.19. The van der Waals surface area contributed by atoms with Crippen LogP contribution >= 0.6 is 0 Å². The Kier molecular flexibility index (Phi) is 14.7. The highest BCUT2D eigenvalue weighted by atomic mass is 16.5. The Hall–Kier alpha value is -1.91. The van der Waals surface area contributed by atoms with Crippen molar-refractivity contribution in [3.05, 3.63) is 53.6 Å². The van der Waals surface area contributed by atoms with Crippen LogP contribution < -0.4 is 0 Å². The number of carbonyl (C=O) groups is 1. The number of rotatable bonds is 17. The number of hydrogen-bond acceptors (Lipinski definition) is 4. The van der Waals surface area contributed by atoms with Crippen LogP contribution in [0.3, 0.4) is 0 Å². The van der Waals surface area contributed by atoms with Gasteiger partial charge in [0.15, 0.2) is 0 Å². The molecule has 4 heteroatoms. The molecule has 1 aromatic carbocycles. The van der Waals surface area contributed by atoms with Gasteiger partial charge >= 0.3 is 5.97 Å². The molecule has 0 radical (unpaired) electrons. The molecule has 0 bridgehead atoms. The maximum Gasteiger partial charge on any atom is 0.335 e. The largest absolute Gasteiger partial charge is 0.462 e. The van der Waals surface area contributed by atoms with Crippen molar-refractivity contribution in [1.29, 1.82) is 0 Å². The van der Waals surface area contributed by atoms with E-state index in [4.69, 9.17) is 14.6 Å². The van der Waals surface area contributed by atoms with Gasteiger partial charge in [-0.05, 0) is 67.9 Å². The molecule has 1 fully saturated rings. The van der Waals surface area contributed by atoms with Crippen LogP contribution in [0.4, 0.5) is 0 Å². The lowest BCUT2D eigenvalue weighted by Gasteiger charge is -2.26. The number of esters is 1. The molecular weight excluding hydrogens is 436 g/mol. The lowest BCUT2D eigenvalue weighted by Crippen LogP contribution is -2.20. The van der Waals surface area contributed by atoms with Crippen LogP contribution in [0.5, 0.6) is 0 Å². The Balaban J connectivity index is 1.65. The Labute approximate surface area is 213 Å². The Bertz CT molecular complexity index is 744. The molecule has 4 nitrogen and oxygen atoms in total. The van der Waals surface area contributed by atoms with Crippen molar-refractivity contribution in [1.82, 2.24) is 0 Å². The van der Waals surface area contributed by atoms with Crippen LogP contribution in [0.2, 0.25) is 0 Å². The number of unbranched alkanes of at least 4 members (excludes halogenated alkanes) is 3. The summed E-state index contributed by atoms with van der Waals surface area (Å²) >= 11 is 0. The fourth-order valence-corrected chi connectivity index (χ4v) is 4.97. The van der Waals surface area contributed by atoms with Gasteiger partial charge in [-0.15, -0.1) is 0 Å². The molecule has 1 aliphatic carbocycles. The van der Waals surface area contributed by atoms with Gasteiger partial charge in [0.1, 0.15) is 0 Å². The topological polar surface area (TPSA) is 55.8 Å². The van der Waals surface area contributed by atoms with Crippen molar-refractivity contribution in [3.8, 4) is 0 Å². The average Bonchev–Trinajstić information content (AvgIpc) is 2.89. The molecule has 0 amide bonds. The molecule has 2 rings (SSSR count). The molecule has 0 aliphatic heterocycles. The number of benzene rings is 1. The fourth-order valence-electron chi connectivity index (χ4n) is 4.97. The molecule has 1 aliphatic rings. The van der Waals surface area contributed by atoms with Crippen molar-refractivity contribution < 1.29 is 19.4 Å². The maximum atomic E-state index is 11.7. The van der Waals surface area contributed by atoms with E-state index in [9.17, 15) is 4.79 Å². The molecule has 0 spiro atoms. The van der Waals surface area contributed by atoms with Gasteiger partial charge in [-0.1, -0.05) is 82.0 Å². The number of carbonyl (C=O) groups excluding carboxylic acids is 1. The molecule has 1 unspecified atom stereocenters. The number of aryl methyl sites for hydroxylation is 1. The summed E-state index contributed by atoms with van der Waals surface area (Å²) in [6.07, 6.45) is 20.0. The van der Waals surface area contributed by atoms with E-state index in [0.717, 1.165) is 37.5 Å². The van der Waals surface area contributed by atoms with Gasteiger partial charge < -0.3 is 14.6 Å². The van der Waals surface area contributed by atoms with Crippen LogP contribution in [-0.4, -0.2) is 38.0 Å². The summed E-state index contributed by atoms with van der Waals surface area (Å²) in [5.74, 6) is 1.35. The predicted molar refractivity (Wildman–Crippen MR) is 145 cm³/mol. The number of aliphatic hydroxyl groups excluding tert-OH is 1. The van der Waals surface area contributed by atoms with E-state index in [1.54, 1.807) is 7.11 Å². The molecule has 0 aromatic heterocycles. The minimum atomic E-state index is -0.530. The molecule has 1 N–H and O–H groups in total. The number of ether oxygens (including phenoxy) is 2. The number of aliphatic hydroxyl groups is 1. The van der Waals surface area contributed by atoms with Crippen LogP contribution in [0.15, 0.2) is 42.5 Å². The molecule has 1 aromatic rings. The van der Waals surface area contributed by atoms with E-state index in [-0.39, 0.29) is 18.1 Å². The monoisotopic (exact) mass is 484 g/mol. The normalized spacial score (nSPS) is 19.1. The van der Waals surface area contributed by atoms with E-state index in [0.29, 0.717) is 13.2 Å². The first-order chi connectivity index (χ1) is 17.0. The van der Waals surface area contributed by atoms with Gasteiger partial charge in [0.2, 0.25) is 0 Å². The zero-order valence-corrected chi connectivity index (χ0v) is 22.2. The third kappa shape index (κ3) is 12.1. The van der Waals surface area contributed by atoms with Gasteiger partial charge in [-0.3, -0.25) is 0 Å². The second kappa shape index (κ2) is 17.5. The van der Waals surface area contributed by atoms with Gasteiger partial charge in [-0.2, -0.15) is 0 Å². The minimum absolute atomic E-state index is 0.0876. The summed E-state index contributed by atoms with van der Waals surface area (Å²) in [6, 6.07) is 8.98. The summed E-state index contributed by atoms with van der Waals surface area (Å²) in [4.78, 5) is 11.7. The molecule has 0 heterocycles. The number of hydrogen-bond donors (Lipinski definition) is 1. The van der Waals surface area contributed by atoms with Crippen molar-refractivity contribution in [3.63, 3.8) is 0 Å². The van der Waals surface area contributed by atoms with Gasteiger partial charge in [0.25, 0.3) is 0 Å². The summed E-state index contributed by atoms with van der Waals surface area (Å²) in [5.41, 5.74) is 2.75. The second-order valence-corrected chi connectivity index (χ2v) is 10.3. The molecule has 1 saturated carbocycles. The first-order valence-electron chi connectivity index (χ1n) is 13.8. The minimum Gasteiger partial charge on any atom is -0.462 e. The van der Waals surface area contributed by atoms with Gasteiger partial charge in [-0.25, -0.2) is 4.79 Å². The molecular formula is C31H48O4. The average molecular weight is 485 g/mol. The Morgan fingerprint density at radius 2 is 1.83 bits per heavy atom. The number of methoxy groups -OCH3 is 1. The van der Waals surface area contributed by atoms with E-state index in [1.165, 1.54) is 62.5 Å². The lowest BCUT2D eigenvalue weighted by atomic mass is 9.79. The molecule has 196 valence electrons. The Morgan fingerprint density at radius 1 is 1.09 bits per heavy atom. The first-order valence-corrected chi connectivity index (χ1v) is 13.8. The second-order valence-electron chi connectivity index (χ2n) is 10.3. The van der Waals surface area contributed by atoms with Crippen LogP contribution in [0, 0.1) is 17.8 Å².